The van der Waals surface area contributed by atoms with Crippen LogP contribution in [-0.2, 0) is 4.79 Å². The average molecular weight is 214 g/mol. The number of hydrogen-bond donors (Lipinski definition) is 2. The second kappa shape index (κ2) is 6.11. The van der Waals surface area contributed by atoms with Crippen LogP contribution >= 0.6 is 0 Å². The predicted molar refractivity (Wildman–Crippen MR) is 64.8 cm³/mol. The van der Waals surface area contributed by atoms with Crippen LogP contribution in [0.15, 0.2) is 0 Å². The van der Waals surface area contributed by atoms with E-state index in [-0.39, 0.29) is 23.4 Å². The Kier molecular flexibility index (Phi) is 5.88. The summed E-state index contributed by atoms with van der Waals surface area (Å²) in [4.78, 5) is 11.6. The van der Waals surface area contributed by atoms with Gasteiger partial charge in [-0.3, -0.25) is 4.79 Å². The molecule has 0 radical (unpaired) electrons. The third-order valence-corrected chi connectivity index (χ3v) is 2.72. The quantitative estimate of drug-likeness (QED) is 0.734. The van der Waals surface area contributed by atoms with Crippen LogP contribution in [-0.4, -0.2) is 24.5 Å². The van der Waals surface area contributed by atoms with E-state index in [0.717, 1.165) is 6.54 Å². The highest BCUT2D eigenvalue weighted by atomic mass is 16.1. The van der Waals surface area contributed by atoms with Gasteiger partial charge in [-0.15, -0.1) is 0 Å². The molecule has 0 aliphatic rings. The van der Waals surface area contributed by atoms with Crippen molar-refractivity contribution in [3.05, 3.63) is 0 Å². The van der Waals surface area contributed by atoms with E-state index in [1.54, 1.807) is 0 Å². The molecule has 0 saturated heterocycles. The van der Waals surface area contributed by atoms with Crippen LogP contribution in [0.25, 0.3) is 0 Å². The zero-order valence-electron chi connectivity index (χ0n) is 11.0. The molecule has 2 N–H and O–H groups in total. The number of carbonyl (C=O) groups is 1. The first-order valence-electron chi connectivity index (χ1n) is 5.80. The Hall–Kier alpha value is -0.570. The molecule has 1 amide bonds. The van der Waals surface area contributed by atoms with Crippen LogP contribution < -0.4 is 10.6 Å². The summed E-state index contributed by atoms with van der Waals surface area (Å²) in [5, 5.41) is 6.26. The number of hydrogen-bond acceptors (Lipinski definition) is 2. The van der Waals surface area contributed by atoms with Crippen molar-refractivity contribution >= 4 is 5.91 Å². The largest absolute Gasteiger partial charge is 0.353 e. The summed E-state index contributed by atoms with van der Waals surface area (Å²) in [6.07, 6.45) is 0.550. The molecule has 15 heavy (non-hydrogen) atoms. The van der Waals surface area contributed by atoms with E-state index in [1.165, 1.54) is 0 Å². The standard InChI is InChI=1S/C12H26N2O/c1-7-13-9(2)8-11(15)14-10(3)12(4,5)6/h9-10,13H,7-8H2,1-6H3,(H,14,15). The second-order valence-electron chi connectivity index (χ2n) is 5.32. The Morgan fingerprint density at radius 2 is 1.80 bits per heavy atom. The smallest absolute Gasteiger partial charge is 0.221 e. The maximum absolute atomic E-state index is 11.6. The van der Waals surface area contributed by atoms with Gasteiger partial charge in [0.05, 0.1) is 0 Å². The fourth-order valence-corrected chi connectivity index (χ4v) is 1.22. The molecular weight excluding hydrogens is 188 g/mol. The molecule has 0 heterocycles. The summed E-state index contributed by atoms with van der Waals surface area (Å²) in [5.74, 6) is 0.130. The maximum atomic E-state index is 11.6. The number of rotatable bonds is 5. The lowest BCUT2D eigenvalue weighted by atomic mass is 9.88. The van der Waals surface area contributed by atoms with Gasteiger partial charge in [0.1, 0.15) is 0 Å². The minimum absolute atomic E-state index is 0.122. The fourth-order valence-electron chi connectivity index (χ4n) is 1.22. The molecular formula is C12H26N2O. The molecule has 0 aromatic carbocycles. The minimum Gasteiger partial charge on any atom is -0.353 e. The SMILES string of the molecule is CCNC(C)CC(=O)NC(C)C(C)(C)C. The van der Waals surface area contributed by atoms with Gasteiger partial charge in [-0.2, -0.15) is 0 Å². The Labute approximate surface area is 94.0 Å². The van der Waals surface area contributed by atoms with Crippen LogP contribution in [0.3, 0.4) is 0 Å². The van der Waals surface area contributed by atoms with Crippen molar-refractivity contribution in [1.82, 2.24) is 10.6 Å². The molecule has 0 aromatic rings. The van der Waals surface area contributed by atoms with Gasteiger partial charge in [-0.05, 0) is 25.8 Å². The first-order chi connectivity index (χ1) is 6.77. The van der Waals surface area contributed by atoms with Crippen molar-refractivity contribution in [2.45, 2.75) is 60.0 Å². The van der Waals surface area contributed by atoms with E-state index >= 15 is 0 Å². The number of nitrogens with one attached hydrogen (secondary N) is 2. The summed E-state index contributed by atoms with van der Waals surface area (Å²) in [6, 6.07) is 0.459. The first-order valence-corrected chi connectivity index (χ1v) is 5.80. The average Bonchev–Trinajstić information content (AvgIpc) is 2.01. The highest BCUT2D eigenvalue weighted by Gasteiger charge is 2.21. The van der Waals surface area contributed by atoms with Gasteiger partial charge < -0.3 is 10.6 Å². The second-order valence-corrected chi connectivity index (χ2v) is 5.32. The Balaban J connectivity index is 3.94. The summed E-state index contributed by atoms with van der Waals surface area (Å²) in [5.41, 5.74) is 0.122. The van der Waals surface area contributed by atoms with Gasteiger partial charge in [-0.25, -0.2) is 0 Å². The zero-order chi connectivity index (χ0) is 12.1. The lowest BCUT2D eigenvalue weighted by Gasteiger charge is -2.28. The Morgan fingerprint density at radius 3 is 2.20 bits per heavy atom. The van der Waals surface area contributed by atoms with Crippen LogP contribution in [0.1, 0.15) is 48.0 Å². The minimum atomic E-state index is 0.122. The van der Waals surface area contributed by atoms with Gasteiger partial charge in [0.15, 0.2) is 0 Å². The molecule has 2 atom stereocenters. The summed E-state index contributed by atoms with van der Waals surface area (Å²) >= 11 is 0. The molecule has 0 aromatic heterocycles. The molecule has 0 fully saturated rings. The third kappa shape index (κ3) is 6.50. The molecule has 0 saturated carbocycles. The Morgan fingerprint density at radius 1 is 1.27 bits per heavy atom. The van der Waals surface area contributed by atoms with Crippen molar-refractivity contribution < 1.29 is 4.79 Å². The molecule has 0 aliphatic carbocycles. The van der Waals surface area contributed by atoms with Crippen LogP contribution in [0.2, 0.25) is 0 Å². The van der Waals surface area contributed by atoms with Crippen molar-refractivity contribution in [2.75, 3.05) is 6.54 Å². The predicted octanol–water partition coefficient (Wildman–Crippen LogP) is 1.93. The van der Waals surface area contributed by atoms with Gasteiger partial charge in [0.2, 0.25) is 5.91 Å². The van der Waals surface area contributed by atoms with E-state index in [1.807, 2.05) is 13.8 Å². The molecule has 3 nitrogen and oxygen atoms in total. The molecule has 2 unspecified atom stereocenters. The molecule has 0 rings (SSSR count). The third-order valence-electron chi connectivity index (χ3n) is 2.72. The number of carbonyl (C=O) groups excluding carboxylic acids is 1. The molecule has 0 spiro atoms. The van der Waals surface area contributed by atoms with Crippen molar-refractivity contribution in [1.29, 1.82) is 0 Å². The van der Waals surface area contributed by atoms with Gasteiger partial charge in [0, 0.05) is 18.5 Å². The lowest BCUT2D eigenvalue weighted by Crippen LogP contribution is -2.43. The summed E-state index contributed by atoms with van der Waals surface area (Å²) in [6.45, 7) is 13.4. The van der Waals surface area contributed by atoms with Crippen LogP contribution in [0.5, 0.6) is 0 Å². The first kappa shape index (κ1) is 14.4. The number of amides is 1. The van der Waals surface area contributed by atoms with Gasteiger partial charge in [-0.1, -0.05) is 27.7 Å². The normalized spacial score (nSPS) is 15.9. The van der Waals surface area contributed by atoms with Crippen molar-refractivity contribution in [3.8, 4) is 0 Å². The summed E-state index contributed by atoms with van der Waals surface area (Å²) in [7, 11) is 0. The van der Waals surface area contributed by atoms with Crippen LogP contribution in [0.4, 0.5) is 0 Å². The topological polar surface area (TPSA) is 41.1 Å². The van der Waals surface area contributed by atoms with E-state index in [0.29, 0.717) is 6.42 Å². The van der Waals surface area contributed by atoms with E-state index in [9.17, 15) is 4.79 Å². The Bertz CT molecular complexity index is 196. The van der Waals surface area contributed by atoms with Gasteiger partial charge >= 0.3 is 0 Å². The monoisotopic (exact) mass is 214 g/mol. The molecule has 0 aliphatic heterocycles. The van der Waals surface area contributed by atoms with E-state index in [4.69, 9.17) is 0 Å². The van der Waals surface area contributed by atoms with Crippen molar-refractivity contribution in [2.24, 2.45) is 5.41 Å². The molecule has 3 heteroatoms. The van der Waals surface area contributed by atoms with E-state index < -0.39 is 0 Å². The van der Waals surface area contributed by atoms with E-state index in [2.05, 4.69) is 38.3 Å². The van der Waals surface area contributed by atoms with Gasteiger partial charge in [0.25, 0.3) is 0 Å². The van der Waals surface area contributed by atoms with Crippen LogP contribution in [0, 0.1) is 5.41 Å². The highest BCUT2D eigenvalue weighted by Crippen LogP contribution is 2.18. The van der Waals surface area contributed by atoms with Crippen molar-refractivity contribution in [3.63, 3.8) is 0 Å². The fraction of sp³-hybridized carbons (Fsp3) is 0.917. The highest BCUT2D eigenvalue weighted by molar-refractivity contribution is 5.76. The zero-order valence-corrected chi connectivity index (χ0v) is 11.0. The molecule has 90 valence electrons. The maximum Gasteiger partial charge on any atom is 0.221 e. The lowest BCUT2D eigenvalue weighted by molar-refractivity contribution is -0.122. The molecule has 0 bridgehead atoms. The summed E-state index contributed by atoms with van der Waals surface area (Å²) < 4.78 is 0.